The Morgan fingerprint density at radius 2 is 1.63 bits per heavy atom. The molecule has 0 fully saturated rings. The molecular weight excluding hydrogens is 247 g/mol. The molecule has 0 aliphatic heterocycles. The number of halogens is 1. The van der Waals surface area contributed by atoms with Crippen molar-refractivity contribution in [3.8, 4) is 11.5 Å². The lowest BCUT2D eigenvalue weighted by Gasteiger charge is -2.08. The zero-order valence-electron chi connectivity index (χ0n) is 10.2. The third-order valence-corrected chi connectivity index (χ3v) is 2.46. The molecule has 0 aliphatic carbocycles. The number of para-hydroxylation sites is 1. The maximum Gasteiger partial charge on any atom is 0.165 e. The van der Waals surface area contributed by atoms with E-state index in [2.05, 4.69) is 0 Å². The first-order valence-electron chi connectivity index (χ1n) is 5.85. The van der Waals surface area contributed by atoms with Crippen molar-refractivity contribution in [2.45, 2.75) is 0 Å². The molecule has 0 unspecified atom stereocenters. The van der Waals surface area contributed by atoms with E-state index in [0.29, 0.717) is 17.9 Å². The predicted octanol–water partition coefficient (Wildman–Crippen LogP) is 3.10. The monoisotopic (exact) mass is 260 g/mol. The Morgan fingerprint density at radius 3 is 2.32 bits per heavy atom. The van der Waals surface area contributed by atoms with E-state index >= 15 is 0 Å². The van der Waals surface area contributed by atoms with E-state index in [1.807, 2.05) is 0 Å². The van der Waals surface area contributed by atoms with E-state index in [9.17, 15) is 9.18 Å². The van der Waals surface area contributed by atoms with Gasteiger partial charge in [-0.1, -0.05) is 12.1 Å². The van der Waals surface area contributed by atoms with Gasteiger partial charge in [-0.2, -0.15) is 0 Å². The molecule has 0 bridgehead atoms. The Labute approximate surface area is 110 Å². The van der Waals surface area contributed by atoms with Crippen LogP contribution in [0.5, 0.6) is 11.5 Å². The van der Waals surface area contributed by atoms with Crippen molar-refractivity contribution in [1.29, 1.82) is 0 Å². The molecule has 0 spiro atoms. The first-order valence-corrected chi connectivity index (χ1v) is 5.85. The Morgan fingerprint density at radius 1 is 0.947 bits per heavy atom. The van der Waals surface area contributed by atoms with Gasteiger partial charge in [0.15, 0.2) is 11.6 Å². The number of hydrogen-bond donors (Lipinski definition) is 0. The molecule has 2 aromatic rings. The maximum absolute atomic E-state index is 13.2. The summed E-state index contributed by atoms with van der Waals surface area (Å²) in [6.45, 7) is 0.547. The van der Waals surface area contributed by atoms with E-state index in [1.165, 1.54) is 6.07 Å². The number of ether oxygens (including phenoxy) is 2. The smallest absolute Gasteiger partial charge is 0.165 e. The van der Waals surface area contributed by atoms with E-state index in [1.54, 1.807) is 42.5 Å². The lowest BCUT2D eigenvalue weighted by molar-refractivity contribution is 0.112. The molecular formula is C15H13FO3. The van der Waals surface area contributed by atoms with Crippen LogP contribution in [0.3, 0.4) is 0 Å². The molecule has 2 aromatic carbocycles. The molecule has 19 heavy (non-hydrogen) atoms. The van der Waals surface area contributed by atoms with Gasteiger partial charge < -0.3 is 9.47 Å². The standard InChI is InChI=1S/C15H13FO3/c16-14-3-1-2-4-15(14)19-10-9-18-13-7-5-12(11-17)6-8-13/h1-8,11H,9-10H2. The Kier molecular flexibility index (Phi) is 4.50. The summed E-state index contributed by atoms with van der Waals surface area (Å²) in [4.78, 5) is 10.5. The summed E-state index contributed by atoms with van der Waals surface area (Å²) >= 11 is 0. The van der Waals surface area contributed by atoms with Crippen LogP contribution in [-0.2, 0) is 0 Å². The number of aldehydes is 1. The van der Waals surface area contributed by atoms with E-state index < -0.39 is 5.82 Å². The van der Waals surface area contributed by atoms with E-state index in [4.69, 9.17) is 9.47 Å². The summed E-state index contributed by atoms with van der Waals surface area (Å²) in [6, 6.07) is 13.0. The van der Waals surface area contributed by atoms with Crippen LogP contribution < -0.4 is 9.47 Å². The van der Waals surface area contributed by atoms with Gasteiger partial charge in [-0.15, -0.1) is 0 Å². The van der Waals surface area contributed by atoms with Crippen molar-refractivity contribution in [1.82, 2.24) is 0 Å². The van der Waals surface area contributed by atoms with Gasteiger partial charge in [0, 0.05) is 5.56 Å². The third-order valence-electron chi connectivity index (χ3n) is 2.46. The summed E-state index contributed by atoms with van der Waals surface area (Å²) in [7, 11) is 0. The minimum atomic E-state index is -0.391. The highest BCUT2D eigenvalue weighted by Gasteiger charge is 2.01. The predicted molar refractivity (Wildman–Crippen MR) is 69.2 cm³/mol. The molecule has 3 nitrogen and oxygen atoms in total. The number of carbonyl (C=O) groups is 1. The molecule has 0 aliphatic rings. The van der Waals surface area contributed by atoms with E-state index in [-0.39, 0.29) is 12.4 Å². The first kappa shape index (κ1) is 13.1. The van der Waals surface area contributed by atoms with Gasteiger partial charge in [0.05, 0.1) is 0 Å². The number of benzene rings is 2. The second-order valence-electron chi connectivity index (χ2n) is 3.81. The summed E-state index contributed by atoms with van der Waals surface area (Å²) in [5.74, 6) is 0.461. The highest BCUT2D eigenvalue weighted by atomic mass is 19.1. The summed E-state index contributed by atoms with van der Waals surface area (Å²) < 4.78 is 23.9. The Hall–Kier alpha value is -2.36. The quantitative estimate of drug-likeness (QED) is 0.591. The van der Waals surface area contributed by atoms with Crippen LogP contribution in [0.4, 0.5) is 4.39 Å². The molecule has 98 valence electrons. The van der Waals surface area contributed by atoms with Gasteiger partial charge in [-0.3, -0.25) is 4.79 Å². The lowest BCUT2D eigenvalue weighted by atomic mass is 10.2. The molecule has 0 aromatic heterocycles. The second kappa shape index (κ2) is 6.54. The minimum absolute atomic E-state index is 0.211. The second-order valence-corrected chi connectivity index (χ2v) is 3.81. The summed E-state index contributed by atoms with van der Waals surface area (Å²) in [6.07, 6.45) is 0.769. The van der Waals surface area contributed by atoms with Gasteiger partial charge in [0.1, 0.15) is 25.2 Å². The zero-order valence-corrected chi connectivity index (χ0v) is 10.2. The summed E-state index contributed by atoms with van der Waals surface area (Å²) in [5.41, 5.74) is 0.593. The fourth-order valence-electron chi connectivity index (χ4n) is 1.52. The fourth-order valence-corrected chi connectivity index (χ4v) is 1.52. The van der Waals surface area contributed by atoms with Crippen LogP contribution in [0.2, 0.25) is 0 Å². The topological polar surface area (TPSA) is 35.5 Å². The van der Waals surface area contributed by atoms with Crippen molar-refractivity contribution in [3.05, 3.63) is 59.9 Å². The van der Waals surface area contributed by atoms with Gasteiger partial charge in [-0.25, -0.2) is 4.39 Å². The molecule has 0 radical (unpaired) electrons. The number of hydrogen-bond acceptors (Lipinski definition) is 3. The number of carbonyl (C=O) groups excluding carboxylic acids is 1. The SMILES string of the molecule is O=Cc1ccc(OCCOc2ccccc2F)cc1. The van der Waals surface area contributed by atoms with Crippen molar-refractivity contribution in [3.63, 3.8) is 0 Å². The Balaban J connectivity index is 1.77. The van der Waals surface area contributed by atoms with Crippen LogP contribution in [0.25, 0.3) is 0 Å². The molecule has 0 N–H and O–H groups in total. The average Bonchev–Trinajstić information content (AvgIpc) is 2.46. The normalized spacial score (nSPS) is 9.95. The van der Waals surface area contributed by atoms with Crippen molar-refractivity contribution < 1.29 is 18.7 Å². The molecule has 2 rings (SSSR count). The van der Waals surface area contributed by atoms with Crippen LogP contribution in [0, 0.1) is 5.82 Å². The van der Waals surface area contributed by atoms with Gasteiger partial charge in [0.2, 0.25) is 0 Å². The van der Waals surface area contributed by atoms with E-state index in [0.717, 1.165) is 6.29 Å². The third kappa shape index (κ3) is 3.81. The molecule has 4 heteroatoms. The van der Waals surface area contributed by atoms with Crippen molar-refractivity contribution in [2.24, 2.45) is 0 Å². The number of rotatable bonds is 6. The molecule has 0 saturated heterocycles. The lowest BCUT2D eigenvalue weighted by Crippen LogP contribution is -2.09. The molecule has 0 atom stereocenters. The highest BCUT2D eigenvalue weighted by molar-refractivity contribution is 5.74. The molecule has 0 heterocycles. The van der Waals surface area contributed by atoms with Crippen molar-refractivity contribution in [2.75, 3.05) is 13.2 Å². The van der Waals surface area contributed by atoms with Gasteiger partial charge in [-0.05, 0) is 36.4 Å². The van der Waals surface area contributed by atoms with Crippen LogP contribution in [-0.4, -0.2) is 19.5 Å². The minimum Gasteiger partial charge on any atom is -0.490 e. The highest BCUT2D eigenvalue weighted by Crippen LogP contribution is 2.15. The van der Waals surface area contributed by atoms with Crippen LogP contribution in [0.1, 0.15) is 10.4 Å². The Bertz CT molecular complexity index is 537. The fraction of sp³-hybridized carbons (Fsp3) is 0.133. The van der Waals surface area contributed by atoms with Gasteiger partial charge in [0.25, 0.3) is 0 Å². The average molecular weight is 260 g/mol. The molecule has 0 amide bonds. The maximum atomic E-state index is 13.2. The van der Waals surface area contributed by atoms with Crippen LogP contribution >= 0.6 is 0 Å². The molecule has 0 saturated carbocycles. The van der Waals surface area contributed by atoms with Crippen molar-refractivity contribution >= 4 is 6.29 Å². The zero-order chi connectivity index (χ0) is 13.5. The first-order chi connectivity index (χ1) is 9.29. The van der Waals surface area contributed by atoms with Crippen LogP contribution in [0.15, 0.2) is 48.5 Å². The summed E-state index contributed by atoms with van der Waals surface area (Å²) in [5, 5.41) is 0. The van der Waals surface area contributed by atoms with Gasteiger partial charge >= 0.3 is 0 Å². The largest absolute Gasteiger partial charge is 0.490 e.